The van der Waals surface area contributed by atoms with Gasteiger partial charge in [-0.25, -0.2) is 4.79 Å². The van der Waals surface area contributed by atoms with E-state index in [0.29, 0.717) is 17.8 Å². The molecule has 9 heteroatoms. The molecule has 1 saturated heterocycles. The first kappa shape index (κ1) is 20.3. The summed E-state index contributed by atoms with van der Waals surface area (Å²) in [6.07, 6.45) is 2.83. The van der Waals surface area contributed by atoms with Crippen molar-refractivity contribution in [3.05, 3.63) is 74.6 Å². The van der Waals surface area contributed by atoms with Crippen LogP contribution < -0.4 is 16.3 Å². The van der Waals surface area contributed by atoms with E-state index < -0.39 is 35.3 Å². The third kappa shape index (κ3) is 3.12. The molecule has 1 atom stereocenters. The third-order valence-corrected chi connectivity index (χ3v) is 6.70. The Morgan fingerprint density at radius 1 is 0.941 bits per heavy atom. The van der Waals surface area contributed by atoms with Crippen LogP contribution in [0.2, 0.25) is 0 Å². The van der Waals surface area contributed by atoms with E-state index in [0.717, 1.165) is 35.1 Å². The Bertz CT molecular complexity index is 1500. The van der Waals surface area contributed by atoms with Crippen LogP contribution in [0.25, 0.3) is 11.0 Å². The molecule has 3 heterocycles. The van der Waals surface area contributed by atoms with Gasteiger partial charge in [0.15, 0.2) is 0 Å². The molecule has 1 fully saturated rings. The van der Waals surface area contributed by atoms with Crippen LogP contribution in [-0.4, -0.2) is 34.6 Å². The molecule has 1 aliphatic carbocycles. The second-order valence-electron chi connectivity index (χ2n) is 8.79. The highest BCUT2D eigenvalue weighted by Crippen LogP contribution is 2.31. The van der Waals surface area contributed by atoms with Gasteiger partial charge < -0.3 is 9.73 Å². The summed E-state index contributed by atoms with van der Waals surface area (Å²) < 4.78 is 5.42. The molecule has 0 saturated carbocycles. The highest BCUT2D eigenvalue weighted by atomic mass is 16.4. The Kier molecular flexibility index (Phi) is 4.41. The molecular weight excluding hydrogens is 438 g/mol. The summed E-state index contributed by atoms with van der Waals surface area (Å²) in [5.74, 6) is -2.37. The van der Waals surface area contributed by atoms with E-state index in [1.807, 2.05) is 6.07 Å². The molecule has 34 heavy (non-hydrogen) atoms. The summed E-state index contributed by atoms with van der Waals surface area (Å²) in [5.41, 5.74) is 4.30. The van der Waals surface area contributed by atoms with Gasteiger partial charge in [-0.15, -0.1) is 0 Å². The number of imide groups is 2. The van der Waals surface area contributed by atoms with Gasteiger partial charge in [0, 0.05) is 23.7 Å². The second-order valence-corrected chi connectivity index (χ2v) is 8.79. The third-order valence-electron chi connectivity index (χ3n) is 6.70. The minimum atomic E-state index is -1.13. The van der Waals surface area contributed by atoms with Crippen LogP contribution in [0, 0.1) is 0 Å². The molecule has 6 rings (SSSR count). The van der Waals surface area contributed by atoms with E-state index >= 15 is 0 Å². The Morgan fingerprint density at radius 3 is 2.47 bits per heavy atom. The van der Waals surface area contributed by atoms with Gasteiger partial charge in [-0.05, 0) is 66.3 Å². The summed E-state index contributed by atoms with van der Waals surface area (Å²) in [6.45, 7) is 0.311. The maximum atomic E-state index is 12.9. The topological polar surface area (TPSA) is 126 Å². The van der Waals surface area contributed by atoms with Gasteiger partial charge in [-0.1, -0.05) is 0 Å². The SMILES string of the molecule is O=C1CC(N2C(=O)c3ccc(NCc4cc(=O)oc5cc6c(cc45)CCC6)cc3C2=O)C(=O)N1. The number of benzene rings is 2. The number of nitrogens with one attached hydrogen (secondary N) is 2. The summed E-state index contributed by atoms with van der Waals surface area (Å²) in [4.78, 5) is 62.2. The van der Waals surface area contributed by atoms with Crippen LogP contribution in [0.15, 0.2) is 45.6 Å². The molecule has 9 nitrogen and oxygen atoms in total. The van der Waals surface area contributed by atoms with Crippen LogP contribution in [0.5, 0.6) is 0 Å². The molecule has 1 aromatic heterocycles. The van der Waals surface area contributed by atoms with Gasteiger partial charge in [0.05, 0.1) is 17.5 Å². The van der Waals surface area contributed by atoms with Crippen molar-refractivity contribution in [2.45, 2.75) is 38.3 Å². The quantitative estimate of drug-likeness (QED) is 0.453. The number of carbonyl (C=O) groups is 4. The average molecular weight is 457 g/mol. The minimum absolute atomic E-state index is 0.164. The molecule has 3 aromatic rings. The van der Waals surface area contributed by atoms with E-state index in [1.54, 1.807) is 12.1 Å². The number of rotatable bonds is 4. The van der Waals surface area contributed by atoms with Gasteiger partial charge >= 0.3 is 5.63 Å². The first-order valence-corrected chi connectivity index (χ1v) is 11.1. The lowest BCUT2D eigenvalue weighted by molar-refractivity contribution is -0.125. The number of amides is 4. The number of carbonyl (C=O) groups excluding carboxylic acids is 4. The number of hydrogen-bond acceptors (Lipinski definition) is 7. The van der Waals surface area contributed by atoms with Crippen LogP contribution >= 0.6 is 0 Å². The van der Waals surface area contributed by atoms with Crippen molar-refractivity contribution < 1.29 is 23.6 Å². The predicted octanol–water partition coefficient (Wildman–Crippen LogP) is 1.90. The molecular formula is C25H19N3O6. The van der Waals surface area contributed by atoms with Crippen molar-refractivity contribution in [3.63, 3.8) is 0 Å². The van der Waals surface area contributed by atoms with E-state index in [-0.39, 0.29) is 17.5 Å². The van der Waals surface area contributed by atoms with Crippen molar-refractivity contribution in [1.29, 1.82) is 0 Å². The lowest BCUT2D eigenvalue weighted by Gasteiger charge is -2.18. The summed E-state index contributed by atoms with van der Waals surface area (Å²) in [6, 6.07) is 9.09. The van der Waals surface area contributed by atoms with Crippen molar-refractivity contribution in [3.8, 4) is 0 Å². The van der Waals surface area contributed by atoms with Gasteiger partial charge in [-0.2, -0.15) is 0 Å². The van der Waals surface area contributed by atoms with Gasteiger partial charge in [0.2, 0.25) is 11.8 Å². The maximum absolute atomic E-state index is 12.9. The first-order valence-electron chi connectivity index (χ1n) is 11.1. The van der Waals surface area contributed by atoms with Crippen LogP contribution in [0.3, 0.4) is 0 Å². The van der Waals surface area contributed by atoms with E-state index in [9.17, 15) is 24.0 Å². The zero-order valence-electron chi connectivity index (χ0n) is 18.0. The smallest absolute Gasteiger partial charge is 0.336 e. The van der Waals surface area contributed by atoms with Crippen molar-refractivity contribution in [2.24, 2.45) is 0 Å². The first-order chi connectivity index (χ1) is 16.4. The molecule has 0 bridgehead atoms. The Balaban J connectivity index is 1.28. The molecule has 0 radical (unpaired) electrons. The second kappa shape index (κ2) is 7.38. The maximum Gasteiger partial charge on any atom is 0.336 e. The van der Waals surface area contributed by atoms with Crippen LogP contribution in [0.1, 0.15) is 50.2 Å². The van der Waals surface area contributed by atoms with Gasteiger partial charge in [-0.3, -0.25) is 29.4 Å². The minimum Gasteiger partial charge on any atom is -0.423 e. The fourth-order valence-corrected chi connectivity index (χ4v) is 5.04. The summed E-state index contributed by atoms with van der Waals surface area (Å²) in [7, 11) is 0. The monoisotopic (exact) mass is 457 g/mol. The molecule has 3 aliphatic rings. The molecule has 4 amide bonds. The molecule has 1 unspecified atom stereocenters. The lowest BCUT2D eigenvalue weighted by atomic mass is 10.0. The molecule has 170 valence electrons. The number of nitrogens with zero attached hydrogens (tertiary/aromatic N) is 1. The number of aryl methyl sites for hydroxylation is 2. The van der Waals surface area contributed by atoms with Gasteiger partial charge in [0.1, 0.15) is 11.6 Å². The summed E-state index contributed by atoms with van der Waals surface area (Å²) >= 11 is 0. The van der Waals surface area contributed by atoms with E-state index in [2.05, 4.69) is 16.7 Å². The van der Waals surface area contributed by atoms with E-state index in [4.69, 9.17) is 4.42 Å². The van der Waals surface area contributed by atoms with Crippen molar-refractivity contribution >= 4 is 40.3 Å². The molecule has 2 aromatic carbocycles. The zero-order chi connectivity index (χ0) is 23.6. The summed E-state index contributed by atoms with van der Waals surface area (Å²) in [5, 5.41) is 6.21. The Hall–Kier alpha value is -4.27. The molecule has 2 aliphatic heterocycles. The van der Waals surface area contributed by atoms with Gasteiger partial charge in [0.25, 0.3) is 11.8 Å². The largest absolute Gasteiger partial charge is 0.423 e. The Morgan fingerprint density at radius 2 is 1.71 bits per heavy atom. The predicted molar refractivity (Wildman–Crippen MR) is 120 cm³/mol. The normalized spacial score (nSPS) is 19.1. The fraction of sp³-hybridized carbons (Fsp3) is 0.240. The number of fused-ring (bicyclic) bond motifs is 3. The lowest BCUT2D eigenvalue weighted by Crippen LogP contribution is -2.44. The molecule has 2 N–H and O–H groups in total. The highest BCUT2D eigenvalue weighted by molar-refractivity contribution is 6.24. The number of hydrogen-bond donors (Lipinski definition) is 2. The van der Waals surface area contributed by atoms with Crippen molar-refractivity contribution in [2.75, 3.05) is 5.32 Å². The zero-order valence-corrected chi connectivity index (χ0v) is 18.0. The highest BCUT2D eigenvalue weighted by Gasteiger charge is 2.46. The fourth-order valence-electron chi connectivity index (χ4n) is 5.04. The number of anilines is 1. The average Bonchev–Trinajstić information content (AvgIpc) is 3.46. The van der Waals surface area contributed by atoms with Crippen LogP contribution in [-0.2, 0) is 29.0 Å². The molecule has 0 spiro atoms. The van der Waals surface area contributed by atoms with Crippen molar-refractivity contribution in [1.82, 2.24) is 10.2 Å². The standard InChI is InChI=1S/C25H19N3O6/c29-21-10-19(23(31)27-21)28-24(32)16-5-4-15(9-18(16)25(28)33)26-11-14-8-22(30)34-20-7-13-3-1-2-12(13)6-17(14)20/h4-9,19,26H,1-3,10-11H2,(H,27,29,31). The van der Waals surface area contributed by atoms with E-state index in [1.165, 1.54) is 23.3 Å². The van der Waals surface area contributed by atoms with Crippen LogP contribution in [0.4, 0.5) is 5.69 Å². The Labute approximate surface area is 192 Å².